The van der Waals surface area contributed by atoms with E-state index < -0.39 is 50.1 Å². The standard InChI is InChI=1S/C14H23N3O9.CH5N/c18-6-5-15(1-3-16(7-11(19)20)8-12(21)22)2-4-17(9-13(23)24)10-14(25)26;1-2/h6H,1-5,7-10H2,(H,19,20)(H,21,22)(H,23,24)(H,25,26);2H2,1H3. The van der Waals surface area contributed by atoms with Crippen molar-refractivity contribution < 1.29 is 44.4 Å². The number of nitrogens with zero attached hydrogens (tertiary/aromatic N) is 3. The van der Waals surface area contributed by atoms with Gasteiger partial charge in [-0.15, -0.1) is 0 Å². The number of aliphatic carboxylic acids is 4. The first-order valence-electron chi connectivity index (χ1n) is 8.19. The zero-order valence-electron chi connectivity index (χ0n) is 15.7. The Bertz CT molecular complexity index is 444. The van der Waals surface area contributed by atoms with E-state index in [-0.39, 0.29) is 32.7 Å². The maximum Gasteiger partial charge on any atom is 0.317 e. The molecule has 6 N–H and O–H groups in total. The van der Waals surface area contributed by atoms with Crippen LogP contribution in [0.1, 0.15) is 0 Å². The minimum absolute atomic E-state index is 0.0397. The van der Waals surface area contributed by atoms with Gasteiger partial charge in [0.25, 0.3) is 0 Å². The van der Waals surface area contributed by atoms with Crippen molar-refractivity contribution in [2.75, 3.05) is 66.0 Å². The lowest BCUT2D eigenvalue weighted by molar-refractivity contribution is -0.143. The van der Waals surface area contributed by atoms with Gasteiger partial charge in [0.2, 0.25) is 0 Å². The summed E-state index contributed by atoms with van der Waals surface area (Å²) < 4.78 is 0. The van der Waals surface area contributed by atoms with Crippen LogP contribution in [0.25, 0.3) is 0 Å². The predicted octanol–water partition coefficient (Wildman–Crippen LogP) is -3.00. The minimum atomic E-state index is -1.19. The molecule has 162 valence electrons. The maximum atomic E-state index is 10.8. The van der Waals surface area contributed by atoms with Gasteiger partial charge in [-0.05, 0) is 7.05 Å². The lowest BCUT2D eigenvalue weighted by Gasteiger charge is -2.26. The molecule has 0 aliphatic rings. The number of hydrogen-bond donors (Lipinski definition) is 5. The zero-order valence-corrected chi connectivity index (χ0v) is 15.7. The van der Waals surface area contributed by atoms with E-state index in [1.165, 1.54) is 16.8 Å². The molecule has 0 atom stereocenters. The second-order valence-corrected chi connectivity index (χ2v) is 5.46. The highest BCUT2D eigenvalue weighted by molar-refractivity contribution is 5.73. The molecular formula is C15H28N4O9. The van der Waals surface area contributed by atoms with Crippen LogP contribution >= 0.6 is 0 Å². The largest absolute Gasteiger partial charge is 0.480 e. The molecule has 0 radical (unpaired) electrons. The molecule has 0 amide bonds. The first-order valence-corrected chi connectivity index (χ1v) is 8.19. The summed E-state index contributed by atoms with van der Waals surface area (Å²) >= 11 is 0. The van der Waals surface area contributed by atoms with E-state index >= 15 is 0 Å². The lowest BCUT2D eigenvalue weighted by atomic mass is 10.3. The van der Waals surface area contributed by atoms with Gasteiger partial charge in [0.1, 0.15) is 6.29 Å². The molecule has 13 nitrogen and oxygen atoms in total. The molecule has 0 spiro atoms. The fourth-order valence-corrected chi connectivity index (χ4v) is 2.16. The van der Waals surface area contributed by atoms with E-state index in [2.05, 4.69) is 5.73 Å². The monoisotopic (exact) mass is 408 g/mol. The molecule has 0 aromatic heterocycles. The topological polar surface area (TPSA) is 202 Å². The van der Waals surface area contributed by atoms with Crippen molar-refractivity contribution in [2.24, 2.45) is 5.73 Å². The molecule has 0 rings (SSSR count). The van der Waals surface area contributed by atoms with Crippen molar-refractivity contribution in [1.82, 2.24) is 14.7 Å². The van der Waals surface area contributed by atoms with Crippen LogP contribution in [0.15, 0.2) is 0 Å². The van der Waals surface area contributed by atoms with Crippen molar-refractivity contribution in [3.8, 4) is 0 Å². The number of carbonyl (C=O) groups is 5. The molecule has 0 aliphatic heterocycles. The van der Waals surface area contributed by atoms with E-state index in [0.717, 1.165) is 0 Å². The number of nitrogens with two attached hydrogens (primary N) is 1. The molecule has 0 aliphatic carbocycles. The number of hydrogen-bond acceptors (Lipinski definition) is 9. The summed E-state index contributed by atoms with van der Waals surface area (Å²) in [6.45, 7) is -1.52. The van der Waals surface area contributed by atoms with Crippen LogP contribution in [-0.4, -0.2) is 131 Å². The third-order valence-corrected chi connectivity index (χ3v) is 3.23. The van der Waals surface area contributed by atoms with Crippen LogP contribution in [0.2, 0.25) is 0 Å². The summed E-state index contributed by atoms with van der Waals surface area (Å²) in [4.78, 5) is 57.7. The minimum Gasteiger partial charge on any atom is -0.480 e. The van der Waals surface area contributed by atoms with Crippen LogP contribution < -0.4 is 5.73 Å². The number of aldehydes is 1. The molecule has 0 fully saturated rings. The molecule has 0 saturated heterocycles. The predicted molar refractivity (Wildman–Crippen MR) is 96.0 cm³/mol. The number of carboxylic acid groups (broad SMARTS) is 4. The summed E-state index contributed by atoms with van der Waals surface area (Å²) in [6.07, 6.45) is 0.595. The molecule has 0 aromatic rings. The highest BCUT2D eigenvalue weighted by Crippen LogP contribution is 1.96. The third kappa shape index (κ3) is 16.8. The van der Waals surface area contributed by atoms with Crippen molar-refractivity contribution in [3.05, 3.63) is 0 Å². The second-order valence-electron chi connectivity index (χ2n) is 5.46. The van der Waals surface area contributed by atoms with Crippen molar-refractivity contribution in [2.45, 2.75) is 0 Å². The Morgan fingerprint density at radius 1 is 0.643 bits per heavy atom. The van der Waals surface area contributed by atoms with Crippen LogP contribution in [0.4, 0.5) is 0 Å². The number of carboxylic acids is 4. The van der Waals surface area contributed by atoms with Gasteiger partial charge in [-0.25, -0.2) is 0 Å². The van der Waals surface area contributed by atoms with Crippen molar-refractivity contribution >= 4 is 30.2 Å². The van der Waals surface area contributed by atoms with Crippen molar-refractivity contribution in [1.29, 1.82) is 0 Å². The van der Waals surface area contributed by atoms with Gasteiger partial charge in [0.15, 0.2) is 0 Å². The normalized spacial score (nSPS) is 10.5. The van der Waals surface area contributed by atoms with Crippen LogP contribution in [0, 0.1) is 0 Å². The van der Waals surface area contributed by atoms with E-state index in [0.29, 0.717) is 6.29 Å². The van der Waals surface area contributed by atoms with Crippen molar-refractivity contribution in [3.63, 3.8) is 0 Å². The van der Waals surface area contributed by atoms with E-state index in [4.69, 9.17) is 20.4 Å². The summed E-state index contributed by atoms with van der Waals surface area (Å²) in [5, 5.41) is 35.1. The van der Waals surface area contributed by atoms with E-state index in [1.807, 2.05) is 0 Å². The Morgan fingerprint density at radius 2 is 0.893 bits per heavy atom. The highest BCUT2D eigenvalue weighted by Gasteiger charge is 2.17. The summed E-state index contributed by atoms with van der Waals surface area (Å²) in [7, 11) is 1.50. The molecule has 0 aromatic carbocycles. The zero-order chi connectivity index (χ0) is 22.1. The summed E-state index contributed by atoms with van der Waals surface area (Å²) in [6, 6.07) is 0. The quantitative estimate of drug-likeness (QED) is 0.162. The van der Waals surface area contributed by atoms with Gasteiger partial charge in [0.05, 0.1) is 32.7 Å². The van der Waals surface area contributed by atoms with Gasteiger partial charge in [-0.3, -0.25) is 33.9 Å². The molecule has 0 saturated carbocycles. The van der Waals surface area contributed by atoms with Gasteiger partial charge in [-0.1, -0.05) is 0 Å². The molecule has 13 heteroatoms. The Hall–Kier alpha value is -2.61. The van der Waals surface area contributed by atoms with E-state index in [1.54, 1.807) is 4.90 Å². The fraction of sp³-hybridized carbons (Fsp3) is 0.667. The molecular weight excluding hydrogens is 380 g/mol. The van der Waals surface area contributed by atoms with Crippen LogP contribution in [0.5, 0.6) is 0 Å². The maximum absolute atomic E-state index is 10.8. The highest BCUT2D eigenvalue weighted by atomic mass is 16.4. The molecule has 0 bridgehead atoms. The first-order chi connectivity index (χ1) is 13.1. The van der Waals surface area contributed by atoms with Gasteiger partial charge >= 0.3 is 23.9 Å². The molecule has 0 heterocycles. The van der Waals surface area contributed by atoms with Gasteiger partial charge in [0, 0.05) is 26.2 Å². The number of carbonyl (C=O) groups excluding carboxylic acids is 1. The molecule has 0 unspecified atom stereocenters. The Morgan fingerprint density at radius 3 is 1.11 bits per heavy atom. The SMILES string of the molecule is CN.O=CCN(CCN(CC(=O)O)CC(=O)O)CCN(CC(=O)O)CC(=O)O. The van der Waals surface area contributed by atoms with Gasteiger partial charge in [-0.2, -0.15) is 0 Å². The smallest absolute Gasteiger partial charge is 0.317 e. The van der Waals surface area contributed by atoms with E-state index in [9.17, 15) is 24.0 Å². The molecule has 28 heavy (non-hydrogen) atoms. The summed E-state index contributed by atoms with van der Waals surface area (Å²) in [5.74, 6) is -4.77. The Balaban J connectivity index is 0. The average Bonchev–Trinajstić information content (AvgIpc) is 2.56. The van der Waals surface area contributed by atoms with Crippen LogP contribution in [0.3, 0.4) is 0 Å². The van der Waals surface area contributed by atoms with Gasteiger partial charge < -0.3 is 31.0 Å². The number of rotatable bonds is 16. The average molecular weight is 408 g/mol. The van der Waals surface area contributed by atoms with Crippen LogP contribution in [-0.2, 0) is 24.0 Å². The third-order valence-electron chi connectivity index (χ3n) is 3.23. The Labute approximate surface area is 161 Å². The Kier molecular flexibility index (Phi) is 16.3. The lowest BCUT2D eigenvalue weighted by Crippen LogP contribution is -2.44. The first kappa shape index (κ1) is 27.6. The summed E-state index contributed by atoms with van der Waals surface area (Å²) in [5.41, 5.74) is 4.50. The second kappa shape index (κ2) is 16.6. The fourth-order valence-electron chi connectivity index (χ4n) is 2.16.